The standard InChI is InChI=1S/C12H17ClN2/c1-8-6-9(7-10(13)15-8)12(4-5-12)11(2,3)14/h6-7H,4-5,14H2,1-3H3. The van der Waals surface area contributed by atoms with Gasteiger partial charge in [0, 0.05) is 16.6 Å². The maximum absolute atomic E-state index is 6.24. The lowest BCUT2D eigenvalue weighted by Crippen LogP contribution is -2.45. The first-order valence-electron chi connectivity index (χ1n) is 5.29. The molecule has 3 heteroatoms. The van der Waals surface area contributed by atoms with Gasteiger partial charge in [0.1, 0.15) is 5.15 Å². The van der Waals surface area contributed by atoms with E-state index in [0.717, 1.165) is 18.5 Å². The average Bonchev–Trinajstić information content (AvgIpc) is 2.79. The second-order valence-corrected chi connectivity index (χ2v) is 5.51. The molecule has 82 valence electrons. The fourth-order valence-electron chi connectivity index (χ4n) is 2.33. The van der Waals surface area contributed by atoms with Crippen molar-refractivity contribution in [2.45, 2.75) is 44.6 Å². The van der Waals surface area contributed by atoms with Crippen molar-refractivity contribution in [3.63, 3.8) is 0 Å². The summed E-state index contributed by atoms with van der Waals surface area (Å²) in [4.78, 5) is 4.18. The van der Waals surface area contributed by atoms with Crippen molar-refractivity contribution in [2.75, 3.05) is 0 Å². The lowest BCUT2D eigenvalue weighted by atomic mass is 9.79. The third-order valence-electron chi connectivity index (χ3n) is 3.46. The van der Waals surface area contributed by atoms with Gasteiger partial charge in [-0.2, -0.15) is 0 Å². The molecule has 2 nitrogen and oxygen atoms in total. The number of aromatic nitrogens is 1. The molecule has 1 fully saturated rings. The first-order valence-corrected chi connectivity index (χ1v) is 5.66. The summed E-state index contributed by atoms with van der Waals surface area (Å²) in [7, 11) is 0. The Hall–Kier alpha value is -0.600. The number of hydrogen-bond donors (Lipinski definition) is 1. The third kappa shape index (κ3) is 1.77. The van der Waals surface area contributed by atoms with E-state index >= 15 is 0 Å². The summed E-state index contributed by atoms with van der Waals surface area (Å²) in [6.07, 6.45) is 2.30. The van der Waals surface area contributed by atoms with E-state index in [2.05, 4.69) is 24.9 Å². The van der Waals surface area contributed by atoms with Gasteiger partial charge in [-0.15, -0.1) is 0 Å². The lowest BCUT2D eigenvalue weighted by Gasteiger charge is -2.31. The van der Waals surface area contributed by atoms with E-state index in [4.69, 9.17) is 17.3 Å². The van der Waals surface area contributed by atoms with Crippen LogP contribution in [0.1, 0.15) is 37.9 Å². The van der Waals surface area contributed by atoms with Gasteiger partial charge in [-0.3, -0.25) is 0 Å². The monoisotopic (exact) mass is 224 g/mol. The van der Waals surface area contributed by atoms with Crippen LogP contribution >= 0.6 is 11.6 Å². The number of nitrogens with zero attached hydrogens (tertiary/aromatic N) is 1. The molecule has 1 aliphatic carbocycles. The van der Waals surface area contributed by atoms with Crippen molar-refractivity contribution in [1.82, 2.24) is 4.98 Å². The molecule has 1 aromatic rings. The Morgan fingerprint density at radius 2 is 2.00 bits per heavy atom. The molecule has 1 aromatic heterocycles. The number of nitrogens with two attached hydrogens (primary N) is 1. The molecule has 2 rings (SSSR count). The molecule has 1 heterocycles. The maximum atomic E-state index is 6.24. The number of halogens is 1. The summed E-state index contributed by atoms with van der Waals surface area (Å²) in [5.74, 6) is 0. The molecule has 0 aliphatic heterocycles. The van der Waals surface area contributed by atoms with Crippen LogP contribution < -0.4 is 5.73 Å². The van der Waals surface area contributed by atoms with Gasteiger partial charge in [-0.1, -0.05) is 11.6 Å². The molecule has 0 spiro atoms. The Kier molecular flexibility index (Phi) is 2.32. The zero-order chi connectivity index (χ0) is 11.3. The zero-order valence-corrected chi connectivity index (χ0v) is 10.2. The van der Waals surface area contributed by atoms with Crippen molar-refractivity contribution in [2.24, 2.45) is 5.73 Å². The Labute approximate surface area is 95.8 Å². The number of pyridine rings is 1. The summed E-state index contributed by atoms with van der Waals surface area (Å²) in [5.41, 5.74) is 8.38. The fourth-order valence-corrected chi connectivity index (χ4v) is 2.59. The first-order chi connectivity index (χ1) is 6.85. The number of rotatable bonds is 2. The Morgan fingerprint density at radius 1 is 1.40 bits per heavy atom. The van der Waals surface area contributed by atoms with Gasteiger partial charge in [-0.05, 0) is 51.3 Å². The number of hydrogen-bond acceptors (Lipinski definition) is 2. The summed E-state index contributed by atoms with van der Waals surface area (Å²) in [5, 5.41) is 0.570. The normalized spacial score (nSPS) is 19.0. The Balaban J connectivity index is 2.46. The molecular weight excluding hydrogens is 208 g/mol. The first kappa shape index (κ1) is 10.9. The largest absolute Gasteiger partial charge is 0.325 e. The van der Waals surface area contributed by atoms with Crippen LogP contribution in [0.3, 0.4) is 0 Å². The molecule has 0 bridgehead atoms. The SMILES string of the molecule is Cc1cc(C2(C(C)(C)N)CC2)cc(Cl)n1. The van der Waals surface area contributed by atoms with E-state index in [1.54, 1.807) is 0 Å². The van der Waals surface area contributed by atoms with Crippen LogP contribution in [0.15, 0.2) is 12.1 Å². The van der Waals surface area contributed by atoms with Crippen LogP contribution in [-0.2, 0) is 5.41 Å². The van der Waals surface area contributed by atoms with Crippen LogP contribution in [-0.4, -0.2) is 10.5 Å². The third-order valence-corrected chi connectivity index (χ3v) is 3.65. The van der Waals surface area contributed by atoms with E-state index < -0.39 is 0 Å². The molecule has 0 aromatic carbocycles. The highest BCUT2D eigenvalue weighted by Crippen LogP contribution is 2.54. The van der Waals surface area contributed by atoms with Gasteiger partial charge < -0.3 is 5.73 Å². The minimum Gasteiger partial charge on any atom is -0.325 e. The van der Waals surface area contributed by atoms with E-state index in [1.807, 2.05) is 13.0 Å². The summed E-state index contributed by atoms with van der Waals surface area (Å²) >= 11 is 5.98. The summed E-state index contributed by atoms with van der Waals surface area (Å²) in [6, 6.07) is 4.06. The fraction of sp³-hybridized carbons (Fsp3) is 0.583. The van der Waals surface area contributed by atoms with Gasteiger partial charge in [0.15, 0.2) is 0 Å². The van der Waals surface area contributed by atoms with Crippen LogP contribution in [0.25, 0.3) is 0 Å². The summed E-state index contributed by atoms with van der Waals surface area (Å²) in [6.45, 7) is 6.14. The van der Waals surface area contributed by atoms with Crippen molar-refractivity contribution >= 4 is 11.6 Å². The Morgan fingerprint density at radius 3 is 2.40 bits per heavy atom. The van der Waals surface area contributed by atoms with Crippen LogP contribution in [0.4, 0.5) is 0 Å². The maximum Gasteiger partial charge on any atom is 0.129 e. The van der Waals surface area contributed by atoms with Gasteiger partial charge >= 0.3 is 0 Å². The van der Waals surface area contributed by atoms with Gasteiger partial charge in [0.2, 0.25) is 0 Å². The second-order valence-electron chi connectivity index (χ2n) is 5.12. The van der Waals surface area contributed by atoms with Crippen molar-refractivity contribution < 1.29 is 0 Å². The highest BCUT2D eigenvalue weighted by molar-refractivity contribution is 6.29. The van der Waals surface area contributed by atoms with Crippen LogP contribution in [0.5, 0.6) is 0 Å². The predicted molar refractivity (Wildman–Crippen MR) is 63.2 cm³/mol. The molecule has 0 amide bonds. The zero-order valence-electron chi connectivity index (χ0n) is 9.47. The molecular formula is C12H17ClN2. The molecule has 15 heavy (non-hydrogen) atoms. The molecule has 1 saturated carbocycles. The molecule has 0 atom stereocenters. The van der Waals surface area contributed by atoms with Gasteiger partial charge in [0.05, 0.1) is 0 Å². The van der Waals surface area contributed by atoms with Gasteiger partial charge in [0.25, 0.3) is 0 Å². The highest BCUT2D eigenvalue weighted by atomic mass is 35.5. The van der Waals surface area contributed by atoms with Crippen LogP contribution in [0.2, 0.25) is 5.15 Å². The van der Waals surface area contributed by atoms with E-state index in [9.17, 15) is 0 Å². The minimum absolute atomic E-state index is 0.115. The van der Waals surface area contributed by atoms with Crippen molar-refractivity contribution in [1.29, 1.82) is 0 Å². The lowest BCUT2D eigenvalue weighted by molar-refractivity contribution is 0.391. The Bertz CT molecular complexity index is 369. The second kappa shape index (κ2) is 3.19. The molecule has 0 saturated heterocycles. The predicted octanol–water partition coefficient (Wildman–Crippen LogP) is 2.81. The van der Waals surface area contributed by atoms with Gasteiger partial charge in [-0.25, -0.2) is 4.98 Å². The van der Waals surface area contributed by atoms with E-state index in [0.29, 0.717) is 5.15 Å². The summed E-state index contributed by atoms with van der Waals surface area (Å²) < 4.78 is 0. The van der Waals surface area contributed by atoms with E-state index in [1.165, 1.54) is 5.56 Å². The average molecular weight is 225 g/mol. The molecule has 1 aliphatic rings. The van der Waals surface area contributed by atoms with Crippen molar-refractivity contribution in [3.05, 3.63) is 28.5 Å². The van der Waals surface area contributed by atoms with Crippen LogP contribution in [0, 0.1) is 6.92 Å². The minimum atomic E-state index is -0.190. The molecule has 0 radical (unpaired) electrons. The topological polar surface area (TPSA) is 38.9 Å². The smallest absolute Gasteiger partial charge is 0.129 e. The van der Waals surface area contributed by atoms with E-state index in [-0.39, 0.29) is 11.0 Å². The van der Waals surface area contributed by atoms with Crippen molar-refractivity contribution in [3.8, 4) is 0 Å². The quantitative estimate of drug-likeness (QED) is 0.785. The highest BCUT2D eigenvalue weighted by Gasteiger charge is 2.53. The number of aryl methyl sites for hydroxylation is 1. The molecule has 2 N–H and O–H groups in total. The molecule has 0 unspecified atom stereocenters.